The Hall–Kier alpha value is -3.46. The molecule has 2 aromatic rings. The lowest BCUT2D eigenvalue weighted by molar-refractivity contribution is -0.134. The maximum absolute atomic E-state index is 13.8. The van der Waals surface area contributed by atoms with E-state index in [4.69, 9.17) is 4.74 Å². The van der Waals surface area contributed by atoms with Gasteiger partial charge in [0, 0.05) is 32.4 Å². The van der Waals surface area contributed by atoms with Crippen molar-refractivity contribution in [2.24, 2.45) is 5.92 Å². The molecule has 2 saturated heterocycles. The molecule has 9 nitrogen and oxygen atoms in total. The van der Waals surface area contributed by atoms with Crippen molar-refractivity contribution in [3.8, 4) is 5.88 Å². The van der Waals surface area contributed by atoms with Crippen LogP contribution in [0.4, 0.5) is 4.79 Å². The van der Waals surface area contributed by atoms with E-state index in [1.165, 1.54) is 12.0 Å². The average molecular weight is 494 g/mol. The number of likely N-dealkylation sites (N-methyl/N-ethyl adjacent to an activating group) is 1. The number of carbonyl (C=O) groups excluding carboxylic acids is 3. The van der Waals surface area contributed by atoms with Crippen LogP contribution in [0.5, 0.6) is 5.88 Å². The Bertz CT molecular complexity index is 1080. The second-order valence-electron chi connectivity index (χ2n) is 9.77. The first-order valence-corrected chi connectivity index (χ1v) is 12.5. The molecule has 1 aromatic carbocycles. The summed E-state index contributed by atoms with van der Waals surface area (Å²) < 4.78 is 5.27. The van der Waals surface area contributed by atoms with E-state index in [-0.39, 0.29) is 23.8 Å². The van der Waals surface area contributed by atoms with E-state index < -0.39 is 5.54 Å². The molecule has 2 fully saturated rings. The van der Waals surface area contributed by atoms with Crippen LogP contribution in [-0.2, 0) is 11.2 Å². The number of hydrogen-bond donors (Lipinski definition) is 1. The molecule has 1 N–H and O–H groups in total. The highest BCUT2D eigenvalue weighted by molar-refractivity contribution is 6.07. The van der Waals surface area contributed by atoms with E-state index in [1.807, 2.05) is 49.3 Å². The number of imide groups is 1. The summed E-state index contributed by atoms with van der Waals surface area (Å²) in [7, 11) is 5.34. The molecular formula is C27H35N5O4. The van der Waals surface area contributed by atoms with Crippen molar-refractivity contribution in [2.45, 2.75) is 31.2 Å². The lowest BCUT2D eigenvalue weighted by Crippen LogP contribution is -2.57. The Morgan fingerprint density at radius 3 is 2.53 bits per heavy atom. The van der Waals surface area contributed by atoms with Gasteiger partial charge in [0.25, 0.3) is 11.8 Å². The summed E-state index contributed by atoms with van der Waals surface area (Å²) in [6.45, 7) is 1.95. The Kier molecular flexibility index (Phi) is 7.88. The van der Waals surface area contributed by atoms with Crippen LogP contribution in [0, 0.1) is 5.92 Å². The molecule has 0 radical (unpaired) electrons. The third-order valence-corrected chi connectivity index (χ3v) is 7.30. The molecule has 0 spiro atoms. The number of piperidine rings is 1. The van der Waals surface area contributed by atoms with E-state index in [1.54, 1.807) is 23.2 Å². The molecule has 2 aliphatic rings. The third-order valence-electron chi connectivity index (χ3n) is 7.30. The summed E-state index contributed by atoms with van der Waals surface area (Å²) in [5.41, 5.74) is 0.583. The zero-order valence-electron chi connectivity index (χ0n) is 21.3. The number of hydrogen-bond acceptors (Lipinski definition) is 6. The number of urea groups is 1. The lowest BCUT2D eigenvalue weighted by atomic mass is 9.74. The molecule has 0 saturated carbocycles. The summed E-state index contributed by atoms with van der Waals surface area (Å²) in [5, 5.41) is 3.11. The zero-order valence-corrected chi connectivity index (χ0v) is 21.3. The molecular weight excluding hydrogens is 458 g/mol. The number of carbonyl (C=O) groups is 3. The predicted molar refractivity (Wildman–Crippen MR) is 136 cm³/mol. The largest absolute Gasteiger partial charge is 0.480 e. The number of pyridine rings is 1. The molecule has 4 rings (SSSR count). The smallest absolute Gasteiger partial charge is 0.325 e. The number of nitrogens with one attached hydrogen (secondary N) is 1. The molecule has 1 aromatic heterocycles. The minimum atomic E-state index is -0.972. The highest BCUT2D eigenvalue weighted by Gasteiger charge is 2.55. The molecule has 0 unspecified atom stereocenters. The fourth-order valence-electron chi connectivity index (χ4n) is 5.25. The topological polar surface area (TPSA) is 95.1 Å². The number of aryl methyl sites for hydroxylation is 1. The van der Waals surface area contributed by atoms with Crippen LogP contribution in [0.2, 0.25) is 0 Å². The molecule has 1 atom stereocenters. The van der Waals surface area contributed by atoms with E-state index in [9.17, 15) is 14.4 Å². The van der Waals surface area contributed by atoms with Crippen LogP contribution in [0.15, 0.2) is 48.7 Å². The number of rotatable bonds is 9. The summed E-state index contributed by atoms with van der Waals surface area (Å²) >= 11 is 0. The molecule has 3 heterocycles. The first-order chi connectivity index (χ1) is 17.4. The monoisotopic (exact) mass is 493 g/mol. The normalized spacial score (nSPS) is 20.7. The van der Waals surface area contributed by atoms with Gasteiger partial charge in [-0.2, -0.15) is 0 Å². The lowest BCUT2D eigenvalue weighted by Gasteiger charge is -2.41. The molecule has 4 amide bonds. The Morgan fingerprint density at radius 1 is 1.14 bits per heavy atom. The van der Waals surface area contributed by atoms with Gasteiger partial charge in [-0.05, 0) is 63.4 Å². The van der Waals surface area contributed by atoms with Gasteiger partial charge in [-0.1, -0.05) is 30.3 Å². The van der Waals surface area contributed by atoms with E-state index in [2.05, 4.69) is 10.3 Å². The van der Waals surface area contributed by atoms with Crippen molar-refractivity contribution in [1.82, 2.24) is 25.0 Å². The molecule has 2 aliphatic heterocycles. The van der Waals surface area contributed by atoms with Crippen LogP contribution < -0.4 is 10.1 Å². The van der Waals surface area contributed by atoms with Crippen molar-refractivity contribution < 1.29 is 19.1 Å². The Morgan fingerprint density at radius 2 is 1.86 bits per heavy atom. The fourth-order valence-corrected chi connectivity index (χ4v) is 5.25. The molecule has 9 heteroatoms. The number of aromatic nitrogens is 1. The van der Waals surface area contributed by atoms with Gasteiger partial charge in [-0.15, -0.1) is 0 Å². The standard InChI is InChI=1S/C27H35N5O4/c1-30(2)18-19-32-25(34)27(29-26(32)35,14-11-20-8-5-4-6-9-20)21-12-16-31(17-13-21)24(33)22-10-7-15-28-23(22)36-3/h4-10,15,21H,11-14,16-19H2,1-3H3,(H,29,35)/t27-/m0/s1. The third kappa shape index (κ3) is 5.21. The molecule has 0 bridgehead atoms. The van der Waals surface area contributed by atoms with Crippen molar-refractivity contribution >= 4 is 17.8 Å². The van der Waals surface area contributed by atoms with Crippen LogP contribution in [0.1, 0.15) is 35.2 Å². The number of nitrogens with zero attached hydrogens (tertiary/aromatic N) is 4. The minimum absolute atomic E-state index is 0.0677. The van der Waals surface area contributed by atoms with Gasteiger partial charge in [0.1, 0.15) is 11.1 Å². The van der Waals surface area contributed by atoms with Crippen molar-refractivity contribution in [3.05, 3.63) is 59.8 Å². The van der Waals surface area contributed by atoms with Crippen molar-refractivity contribution in [3.63, 3.8) is 0 Å². The summed E-state index contributed by atoms with van der Waals surface area (Å²) in [6, 6.07) is 13.1. The first-order valence-electron chi connectivity index (χ1n) is 12.5. The summed E-state index contributed by atoms with van der Waals surface area (Å²) in [5.74, 6) is -0.0456. The highest BCUT2D eigenvalue weighted by Crippen LogP contribution is 2.37. The maximum atomic E-state index is 13.8. The van der Waals surface area contributed by atoms with Crippen LogP contribution in [-0.4, -0.2) is 90.5 Å². The SMILES string of the molecule is COc1ncccc1C(=O)N1CCC([C@]2(CCc3ccccc3)NC(=O)N(CCN(C)C)C2=O)CC1. The van der Waals surface area contributed by atoms with Crippen molar-refractivity contribution in [2.75, 3.05) is 47.4 Å². The predicted octanol–water partition coefficient (Wildman–Crippen LogP) is 2.43. The molecule has 192 valence electrons. The fraction of sp³-hybridized carbons (Fsp3) is 0.481. The highest BCUT2D eigenvalue weighted by atomic mass is 16.5. The second kappa shape index (κ2) is 11.1. The number of methoxy groups -OCH3 is 1. The number of ether oxygens (including phenoxy) is 1. The number of benzene rings is 1. The van der Waals surface area contributed by atoms with Crippen LogP contribution in [0.25, 0.3) is 0 Å². The average Bonchev–Trinajstić information content (AvgIpc) is 3.15. The van der Waals surface area contributed by atoms with Gasteiger partial charge in [0.05, 0.1) is 7.11 Å². The van der Waals surface area contributed by atoms with E-state index in [0.29, 0.717) is 63.3 Å². The van der Waals surface area contributed by atoms with E-state index >= 15 is 0 Å². The summed E-state index contributed by atoms with van der Waals surface area (Å²) in [6.07, 6.45) is 4.04. The number of likely N-dealkylation sites (tertiary alicyclic amines) is 1. The van der Waals surface area contributed by atoms with Gasteiger partial charge in [0.2, 0.25) is 5.88 Å². The molecule has 0 aliphatic carbocycles. The van der Waals surface area contributed by atoms with Crippen LogP contribution in [0.3, 0.4) is 0 Å². The van der Waals surface area contributed by atoms with Gasteiger partial charge < -0.3 is 19.9 Å². The van der Waals surface area contributed by atoms with Gasteiger partial charge in [0.15, 0.2) is 0 Å². The van der Waals surface area contributed by atoms with Crippen LogP contribution >= 0.6 is 0 Å². The Labute approximate surface area is 212 Å². The zero-order chi connectivity index (χ0) is 25.7. The quantitative estimate of drug-likeness (QED) is 0.539. The first kappa shape index (κ1) is 25.6. The van der Waals surface area contributed by atoms with Gasteiger partial charge in [-0.3, -0.25) is 14.5 Å². The molecule has 36 heavy (non-hydrogen) atoms. The van der Waals surface area contributed by atoms with Crippen molar-refractivity contribution in [1.29, 1.82) is 0 Å². The second-order valence-corrected chi connectivity index (χ2v) is 9.77. The maximum Gasteiger partial charge on any atom is 0.325 e. The number of amides is 4. The summed E-state index contributed by atoms with van der Waals surface area (Å²) in [4.78, 5) is 49.2. The Balaban J connectivity index is 1.52. The van der Waals surface area contributed by atoms with E-state index in [0.717, 1.165) is 5.56 Å². The van der Waals surface area contributed by atoms with Gasteiger partial charge >= 0.3 is 6.03 Å². The minimum Gasteiger partial charge on any atom is -0.480 e. The van der Waals surface area contributed by atoms with Gasteiger partial charge in [-0.25, -0.2) is 9.78 Å².